The van der Waals surface area contributed by atoms with Crippen molar-refractivity contribution < 1.29 is 17.9 Å². The fourth-order valence-electron chi connectivity index (χ4n) is 4.27. The number of amides is 1. The van der Waals surface area contributed by atoms with Gasteiger partial charge in [-0.2, -0.15) is 5.10 Å². The molecule has 2 saturated carbocycles. The third-order valence-corrected chi connectivity index (χ3v) is 8.49. The van der Waals surface area contributed by atoms with Gasteiger partial charge >= 0.3 is 12.1 Å². The van der Waals surface area contributed by atoms with E-state index in [9.17, 15) is 13.2 Å². The van der Waals surface area contributed by atoms with Crippen LogP contribution in [-0.4, -0.2) is 46.0 Å². The zero-order chi connectivity index (χ0) is 23.7. The van der Waals surface area contributed by atoms with Crippen molar-refractivity contribution in [3.63, 3.8) is 0 Å². The molecule has 2 aliphatic rings. The lowest BCUT2D eigenvalue weighted by atomic mass is 9.96. The van der Waals surface area contributed by atoms with E-state index in [1.54, 1.807) is 18.2 Å². The van der Waals surface area contributed by atoms with Crippen LogP contribution in [0.1, 0.15) is 50.6 Å². The maximum atomic E-state index is 13.2. The second-order valence-electron chi connectivity index (χ2n) is 8.99. The summed E-state index contributed by atoms with van der Waals surface area (Å²) in [5.41, 5.74) is 2.44. The number of hydrogen-bond donors (Lipinski definition) is 4. The molecule has 0 spiro atoms. The molecule has 0 saturated heterocycles. The minimum atomic E-state index is -3.52. The van der Waals surface area contributed by atoms with Crippen molar-refractivity contribution in [3.8, 4) is 17.3 Å². The number of aromatic amines is 2. The molecule has 5 rings (SSSR count). The molecule has 0 atom stereocenters. The summed E-state index contributed by atoms with van der Waals surface area (Å²) in [5.74, 6) is 0.598. The van der Waals surface area contributed by atoms with Crippen molar-refractivity contribution >= 4 is 27.4 Å². The first-order chi connectivity index (χ1) is 16.4. The van der Waals surface area contributed by atoms with E-state index in [0.29, 0.717) is 35.6 Å². The lowest BCUT2D eigenvalue weighted by Gasteiger charge is -2.21. The number of anilines is 2. The van der Waals surface area contributed by atoms with Crippen LogP contribution in [0.25, 0.3) is 11.3 Å². The average Bonchev–Trinajstić information content (AvgIpc) is 3.47. The Bertz CT molecular complexity index is 1290. The third kappa shape index (κ3) is 4.93. The number of carbonyl (C=O) groups excluding carboxylic acids is 1. The number of rotatable bonds is 7. The van der Waals surface area contributed by atoms with Crippen molar-refractivity contribution in [2.75, 3.05) is 5.32 Å². The van der Waals surface area contributed by atoms with Gasteiger partial charge in [-0.3, -0.25) is 5.10 Å². The van der Waals surface area contributed by atoms with Crippen LogP contribution < -0.4 is 15.4 Å². The summed E-state index contributed by atoms with van der Waals surface area (Å²) in [6.07, 6.45) is 7.49. The molecular weight excluding hydrogens is 456 g/mol. The van der Waals surface area contributed by atoms with Crippen LogP contribution in [-0.2, 0) is 9.84 Å². The molecular formula is C23H28N6O4S. The number of hydrogen-bond acceptors (Lipinski definition) is 7. The molecule has 180 valence electrons. The highest BCUT2D eigenvalue weighted by Gasteiger charge is 2.38. The normalized spacial score (nSPS) is 16.9. The smallest absolute Gasteiger partial charge is 0.375 e. The van der Waals surface area contributed by atoms with Crippen LogP contribution in [0, 0.1) is 6.92 Å². The van der Waals surface area contributed by atoms with Crippen molar-refractivity contribution in [3.05, 3.63) is 36.2 Å². The Morgan fingerprint density at radius 3 is 2.62 bits per heavy atom. The third-order valence-electron chi connectivity index (χ3n) is 6.19. The van der Waals surface area contributed by atoms with Crippen LogP contribution in [0.2, 0.25) is 0 Å². The summed E-state index contributed by atoms with van der Waals surface area (Å²) in [6, 6.07) is 7.08. The number of sulfone groups is 1. The standard InChI is InChI=1S/C23H28N6O4S/c1-14-11-21(29-28-14)25-16-7-10-18(20(12-16)34(31,32)17-8-9-17)19-13-24-22(27-19)33-23(30)26-15-5-3-2-4-6-15/h7,10-13,15,17H,2-6,8-9H2,1H3,(H,24,27)(H,26,30)(H2,25,28,29). The van der Waals surface area contributed by atoms with E-state index in [4.69, 9.17) is 4.74 Å². The SMILES string of the molecule is Cc1cc(Nc2ccc(-c3cnc(OC(=O)NC4CCCCC4)[nH]3)c(S(=O)(=O)C3CC3)c2)n[nH]1. The molecule has 0 radical (unpaired) electrons. The number of aromatic nitrogens is 4. The van der Waals surface area contributed by atoms with E-state index in [1.807, 2.05) is 13.0 Å². The Labute approximate surface area is 197 Å². The summed E-state index contributed by atoms with van der Waals surface area (Å²) in [4.78, 5) is 19.6. The maximum Gasteiger partial charge on any atom is 0.415 e. The minimum absolute atomic E-state index is 0.0206. The minimum Gasteiger partial charge on any atom is -0.375 e. The maximum absolute atomic E-state index is 13.2. The number of ether oxygens (including phenoxy) is 1. The number of benzene rings is 1. The zero-order valence-electron chi connectivity index (χ0n) is 18.9. The fraction of sp³-hybridized carbons (Fsp3) is 0.435. The van der Waals surface area contributed by atoms with Gasteiger partial charge in [0.25, 0.3) is 0 Å². The molecule has 0 bridgehead atoms. The van der Waals surface area contributed by atoms with Gasteiger partial charge < -0.3 is 20.4 Å². The quantitative estimate of drug-likeness (QED) is 0.393. The monoisotopic (exact) mass is 484 g/mol. The summed E-state index contributed by atoms with van der Waals surface area (Å²) in [6.45, 7) is 1.89. The summed E-state index contributed by atoms with van der Waals surface area (Å²) in [7, 11) is -3.52. The molecule has 0 unspecified atom stereocenters. The van der Waals surface area contributed by atoms with Gasteiger partial charge in [0, 0.05) is 29.1 Å². The molecule has 4 N–H and O–H groups in total. The Hall–Kier alpha value is -3.34. The Morgan fingerprint density at radius 2 is 1.91 bits per heavy atom. The first kappa shape index (κ1) is 22.5. The van der Waals surface area contributed by atoms with E-state index >= 15 is 0 Å². The van der Waals surface area contributed by atoms with Crippen LogP contribution in [0.4, 0.5) is 16.3 Å². The van der Waals surface area contributed by atoms with E-state index in [1.165, 1.54) is 12.6 Å². The molecule has 1 amide bonds. The van der Waals surface area contributed by atoms with Gasteiger partial charge in [-0.25, -0.2) is 18.2 Å². The Balaban J connectivity index is 1.38. The predicted molar refractivity (Wildman–Crippen MR) is 127 cm³/mol. The molecule has 11 heteroatoms. The lowest BCUT2D eigenvalue weighted by Crippen LogP contribution is -2.38. The number of carbonyl (C=O) groups is 1. The lowest BCUT2D eigenvalue weighted by molar-refractivity contribution is 0.188. The number of nitrogens with one attached hydrogen (secondary N) is 4. The summed E-state index contributed by atoms with van der Waals surface area (Å²) < 4.78 is 31.8. The van der Waals surface area contributed by atoms with E-state index in [-0.39, 0.29) is 22.2 Å². The molecule has 1 aromatic carbocycles. The van der Waals surface area contributed by atoms with Crippen molar-refractivity contribution in [2.45, 2.75) is 68.1 Å². The number of aryl methyl sites for hydroxylation is 1. The second-order valence-corrected chi connectivity index (χ2v) is 11.2. The molecule has 2 aromatic heterocycles. The molecule has 3 aromatic rings. The van der Waals surface area contributed by atoms with Gasteiger partial charge in [0.15, 0.2) is 15.7 Å². The number of nitrogens with zero attached hydrogens (tertiary/aromatic N) is 2. The van der Waals surface area contributed by atoms with Gasteiger partial charge in [0.2, 0.25) is 0 Å². The van der Waals surface area contributed by atoms with E-state index < -0.39 is 15.9 Å². The van der Waals surface area contributed by atoms with Crippen LogP contribution in [0.3, 0.4) is 0 Å². The first-order valence-corrected chi connectivity index (χ1v) is 13.1. The Kier molecular flexibility index (Phi) is 6.03. The summed E-state index contributed by atoms with van der Waals surface area (Å²) >= 11 is 0. The molecule has 2 fully saturated rings. The van der Waals surface area contributed by atoms with Crippen LogP contribution in [0.5, 0.6) is 6.01 Å². The van der Waals surface area contributed by atoms with Crippen molar-refractivity contribution in [1.29, 1.82) is 0 Å². The highest BCUT2D eigenvalue weighted by Crippen LogP contribution is 2.39. The zero-order valence-corrected chi connectivity index (χ0v) is 19.7. The van der Waals surface area contributed by atoms with E-state index in [2.05, 4.69) is 30.8 Å². The van der Waals surface area contributed by atoms with Crippen molar-refractivity contribution in [2.24, 2.45) is 0 Å². The highest BCUT2D eigenvalue weighted by atomic mass is 32.2. The number of imidazole rings is 1. The molecule has 2 aliphatic carbocycles. The predicted octanol–water partition coefficient (Wildman–Crippen LogP) is 4.21. The van der Waals surface area contributed by atoms with Gasteiger partial charge in [0.05, 0.1) is 22.0 Å². The molecule has 0 aliphatic heterocycles. The molecule has 10 nitrogen and oxygen atoms in total. The van der Waals surface area contributed by atoms with Gasteiger partial charge in [-0.05, 0) is 50.8 Å². The van der Waals surface area contributed by atoms with Gasteiger partial charge in [0.1, 0.15) is 0 Å². The van der Waals surface area contributed by atoms with Crippen LogP contribution >= 0.6 is 0 Å². The first-order valence-electron chi connectivity index (χ1n) is 11.6. The van der Waals surface area contributed by atoms with Crippen molar-refractivity contribution in [1.82, 2.24) is 25.5 Å². The second kappa shape index (κ2) is 9.13. The fourth-order valence-corrected chi connectivity index (χ4v) is 6.16. The summed E-state index contributed by atoms with van der Waals surface area (Å²) in [5, 5.41) is 12.6. The number of H-pyrrole nitrogens is 2. The molecule has 2 heterocycles. The van der Waals surface area contributed by atoms with Gasteiger partial charge in [-0.15, -0.1) is 0 Å². The topological polar surface area (TPSA) is 142 Å². The van der Waals surface area contributed by atoms with Crippen LogP contribution in [0.15, 0.2) is 35.4 Å². The van der Waals surface area contributed by atoms with Gasteiger partial charge in [-0.1, -0.05) is 19.3 Å². The van der Waals surface area contributed by atoms with E-state index in [0.717, 1.165) is 31.4 Å². The highest BCUT2D eigenvalue weighted by molar-refractivity contribution is 7.92. The Morgan fingerprint density at radius 1 is 1.12 bits per heavy atom. The average molecular weight is 485 g/mol. The molecule has 34 heavy (non-hydrogen) atoms. The largest absolute Gasteiger partial charge is 0.415 e.